The van der Waals surface area contributed by atoms with Crippen LogP contribution in [0.4, 0.5) is 5.69 Å². The van der Waals surface area contributed by atoms with Crippen molar-refractivity contribution >= 4 is 11.4 Å². The van der Waals surface area contributed by atoms with Crippen molar-refractivity contribution in [1.82, 2.24) is 9.13 Å². The zero-order chi connectivity index (χ0) is 19.6. The van der Waals surface area contributed by atoms with E-state index in [2.05, 4.69) is 4.99 Å². The quantitative estimate of drug-likeness (QED) is 0.716. The second kappa shape index (κ2) is 7.33. The first-order valence-electron chi connectivity index (χ1n) is 8.22. The van der Waals surface area contributed by atoms with Crippen LogP contribution in [-0.2, 0) is 14.1 Å². The molecule has 7 nitrogen and oxygen atoms in total. The molecule has 0 saturated heterocycles. The zero-order valence-corrected chi connectivity index (χ0v) is 15.2. The van der Waals surface area contributed by atoms with Crippen LogP contribution in [0, 0.1) is 0 Å². The van der Waals surface area contributed by atoms with Crippen LogP contribution in [0.2, 0.25) is 0 Å². The smallest absolute Gasteiger partial charge is 0.333 e. The molecular weight excluding hydrogens is 346 g/mol. The highest BCUT2D eigenvalue weighted by molar-refractivity contribution is 6.15. The Labute approximate surface area is 155 Å². The molecule has 2 aromatic carbocycles. The average Bonchev–Trinajstić information content (AvgIpc) is 2.71. The Hall–Kier alpha value is -3.61. The van der Waals surface area contributed by atoms with E-state index in [1.807, 2.05) is 12.1 Å². The number of methoxy groups -OCH3 is 1. The van der Waals surface area contributed by atoms with Gasteiger partial charge in [-0.05, 0) is 12.1 Å². The van der Waals surface area contributed by atoms with Crippen LogP contribution in [0.1, 0.15) is 11.1 Å². The minimum absolute atomic E-state index is 0.0586. The van der Waals surface area contributed by atoms with Gasteiger partial charge < -0.3 is 9.84 Å². The molecule has 3 rings (SSSR count). The normalized spacial score (nSPS) is 11.4. The molecule has 0 saturated carbocycles. The van der Waals surface area contributed by atoms with Gasteiger partial charge in [0.15, 0.2) is 0 Å². The summed E-state index contributed by atoms with van der Waals surface area (Å²) in [5, 5.41) is 10.6. The first-order chi connectivity index (χ1) is 13.0. The van der Waals surface area contributed by atoms with Gasteiger partial charge in [0.05, 0.1) is 12.8 Å². The Morgan fingerprint density at radius 3 is 2.26 bits per heavy atom. The second-order valence-corrected chi connectivity index (χ2v) is 5.90. The highest BCUT2D eigenvalue weighted by Gasteiger charge is 2.22. The fourth-order valence-corrected chi connectivity index (χ4v) is 2.74. The number of rotatable bonds is 4. The van der Waals surface area contributed by atoms with E-state index in [0.717, 1.165) is 9.13 Å². The lowest BCUT2D eigenvalue weighted by atomic mass is 10.0. The third-order valence-electron chi connectivity index (χ3n) is 4.24. The zero-order valence-electron chi connectivity index (χ0n) is 15.2. The lowest BCUT2D eigenvalue weighted by Gasteiger charge is -2.13. The van der Waals surface area contributed by atoms with E-state index in [1.54, 1.807) is 42.5 Å². The molecule has 0 amide bonds. The molecule has 0 aliphatic carbocycles. The number of aromatic hydroxyl groups is 1. The van der Waals surface area contributed by atoms with Crippen molar-refractivity contribution in [2.75, 3.05) is 7.11 Å². The van der Waals surface area contributed by atoms with Gasteiger partial charge in [-0.25, -0.2) is 9.79 Å². The molecule has 0 fully saturated rings. The van der Waals surface area contributed by atoms with Crippen molar-refractivity contribution in [3.63, 3.8) is 0 Å². The molecule has 0 unspecified atom stereocenters. The minimum atomic E-state index is -0.631. The van der Waals surface area contributed by atoms with E-state index >= 15 is 0 Å². The maximum Gasteiger partial charge on any atom is 0.333 e. The van der Waals surface area contributed by atoms with Gasteiger partial charge in [-0.15, -0.1) is 0 Å². The molecule has 7 heteroatoms. The maximum atomic E-state index is 12.8. The van der Waals surface area contributed by atoms with E-state index in [4.69, 9.17) is 4.74 Å². The van der Waals surface area contributed by atoms with Crippen LogP contribution in [-0.4, -0.2) is 27.1 Å². The molecule has 0 aliphatic heterocycles. The summed E-state index contributed by atoms with van der Waals surface area (Å²) in [6, 6.07) is 16.1. The van der Waals surface area contributed by atoms with Crippen molar-refractivity contribution in [2.45, 2.75) is 0 Å². The van der Waals surface area contributed by atoms with E-state index in [1.165, 1.54) is 21.2 Å². The summed E-state index contributed by atoms with van der Waals surface area (Å²) in [5.41, 5.74) is 0.0492. The Morgan fingerprint density at radius 2 is 1.59 bits per heavy atom. The summed E-state index contributed by atoms with van der Waals surface area (Å²) in [6.07, 6.45) is 0. The number of para-hydroxylation sites is 2. The monoisotopic (exact) mass is 365 g/mol. The topological polar surface area (TPSA) is 85.8 Å². The van der Waals surface area contributed by atoms with E-state index in [-0.39, 0.29) is 11.3 Å². The maximum absolute atomic E-state index is 12.8. The van der Waals surface area contributed by atoms with Crippen molar-refractivity contribution in [3.8, 4) is 11.6 Å². The summed E-state index contributed by atoms with van der Waals surface area (Å²) >= 11 is 0. The predicted molar refractivity (Wildman–Crippen MR) is 103 cm³/mol. The van der Waals surface area contributed by atoms with Crippen molar-refractivity contribution < 1.29 is 9.84 Å². The lowest BCUT2D eigenvalue weighted by Crippen LogP contribution is -2.40. The number of hydrogen-bond acceptors (Lipinski definition) is 5. The first-order valence-corrected chi connectivity index (χ1v) is 8.22. The van der Waals surface area contributed by atoms with Crippen LogP contribution in [0.25, 0.3) is 0 Å². The largest absolute Gasteiger partial charge is 0.494 e. The molecule has 1 N–H and O–H groups in total. The fourth-order valence-electron chi connectivity index (χ4n) is 2.74. The third kappa shape index (κ3) is 3.27. The highest BCUT2D eigenvalue weighted by Crippen LogP contribution is 2.29. The van der Waals surface area contributed by atoms with Crippen molar-refractivity contribution in [2.24, 2.45) is 19.1 Å². The summed E-state index contributed by atoms with van der Waals surface area (Å²) in [7, 11) is 4.28. The average molecular weight is 365 g/mol. The van der Waals surface area contributed by atoms with Crippen LogP contribution in [0.3, 0.4) is 0 Å². The van der Waals surface area contributed by atoms with E-state index < -0.39 is 17.1 Å². The molecule has 1 aromatic heterocycles. The molecule has 27 heavy (non-hydrogen) atoms. The SMILES string of the molecule is COc1ccccc1N=C(c1ccccc1)c1c(O)n(C)c(=O)n(C)c1=O. The minimum Gasteiger partial charge on any atom is -0.494 e. The molecule has 0 radical (unpaired) electrons. The van der Waals surface area contributed by atoms with Gasteiger partial charge >= 0.3 is 5.69 Å². The fraction of sp³-hybridized carbons (Fsp3) is 0.150. The van der Waals surface area contributed by atoms with Gasteiger partial charge in [0.2, 0.25) is 5.88 Å². The van der Waals surface area contributed by atoms with E-state index in [9.17, 15) is 14.7 Å². The second-order valence-electron chi connectivity index (χ2n) is 5.90. The highest BCUT2D eigenvalue weighted by atomic mass is 16.5. The standard InChI is InChI=1S/C20H19N3O4/c1-22-18(24)16(19(25)23(2)20(22)26)17(13-9-5-4-6-10-13)21-14-11-7-8-12-15(14)27-3/h4-12,24H,1-3H3. The first kappa shape index (κ1) is 18.2. The van der Waals surface area contributed by atoms with E-state index in [0.29, 0.717) is 17.0 Å². The number of aliphatic imine (C=N–C) groups is 1. The number of nitrogens with zero attached hydrogens (tertiary/aromatic N) is 3. The molecule has 3 aromatic rings. The van der Waals surface area contributed by atoms with Gasteiger partial charge in [-0.1, -0.05) is 42.5 Å². The summed E-state index contributed by atoms with van der Waals surface area (Å²) in [5.74, 6) is 0.0765. The number of ether oxygens (including phenoxy) is 1. The lowest BCUT2D eigenvalue weighted by molar-refractivity contribution is 0.410. The summed E-state index contributed by atoms with van der Waals surface area (Å²) in [4.78, 5) is 29.5. The number of benzene rings is 2. The van der Waals surface area contributed by atoms with Crippen LogP contribution in [0.15, 0.2) is 69.2 Å². The van der Waals surface area contributed by atoms with Crippen molar-refractivity contribution in [3.05, 3.63) is 86.6 Å². The molecular formula is C20H19N3O4. The van der Waals surface area contributed by atoms with Gasteiger partial charge in [0, 0.05) is 19.7 Å². The molecule has 0 atom stereocenters. The number of aromatic nitrogens is 2. The summed E-state index contributed by atoms with van der Waals surface area (Å²) in [6.45, 7) is 0. The Balaban J connectivity index is 2.40. The van der Waals surface area contributed by atoms with Gasteiger partial charge in [0.25, 0.3) is 5.56 Å². The van der Waals surface area contributed by atoms with Crippen LogP contribution >= 0.6 is 0 Å². The van der Waals surface area contributed by atoms with Gasteiger partial charge in [0.1, 0.15) is 17.0 Å². The van der Waals surface area contributed by atoms with Gasteiger partial charge in [-0.2, -0.15) is 0 Å². The molecule has 138 valence electrons. The molecule has 0 aliphatic rings. The van der Waals surface area contributed by atoms with Crippen molar-refractivity contribution in [1.29, 1.82) is 0 Å². The molecule has 0 spiro atoms. The predicted octanol–water partition coefficient (Wildman–Crippen LogP) is 1.97. The number of hydrogen-bond donors (Lipinski definition) is 1. The third-order valence-corrected chi connectivity index (χ3v) is 4.24. The van der Waals surface area contributed by atoms with Crippen LogP contribution < -0.4 is 16.0 Å². The Kier molecular flexibility index (Phi) is 4.94. The van der Waals surface area contributed by atoms with Crippen LogP contribution in [0.5, 0.6) is 11.6 Å². The van der Waals surface area contributed by atoms with Gasteiger partial charge in [-0.3, -0.25) is 13.9 Å². The summed E-state index contributed by atoms with van der Waals surface area (Å²) < 4.78 is 7.29. The molecule has 0 bridgehead atoms. The molecule has 1 heterocycles. The Morgan fingerprint density at radius 1 is 0.963 bits per heavy atom. The Bertz CT molecular complexity index is 1130.